The number of nitrogens with one attached hydrogen (secondary N) is 1. The van der Waals surface area contributed by atoms with Crippen LogP contribution < -0.4 is 10.2 Å². The maximum Gasteiger partial charge on any atom is 0.252 e. The second-order valence-corrected chi connectivity index (χ2v) is 7.50. The Labute approximate surface area is 150 Å². The highest BCUT2D eigenvalue weighted by Gasteiger charge is 2.20. The number of benzene rings is 1. The van der Waals surface area contributed by atoms with Gasteiger partial charge in [0.05, 0.1) is 5.69 Å². The van der Waals surface area contributed by atoms with E-state index >= 15 is 0 Å². The number of para-hydroxylation sites is 1. The molecule has 0 atom stereocenters. The lowest BCUT2D eigenvalue weighted by molar-refractivity contribution is -0.118. The largest absolute Gasteiger partial charge is 0.352 e. The van der Waals surface area contributed by atoms with Crippen molar-refractivity contribution in [2.24, 2.45) is 0 Å². The van der Waals surface area contributed by atoms with Gasteiger partial charge in [-0.3, -0.25) is 9.59 Å². The molecular weight excluding hydrogens is 340 g/mol. The number of nitrogens with zero attached hydrogens (tertiary/aromatic N) is 1. The summed E-state index contributed by atoms with van der Waals surface area (Å²) in [4.78, 5) is 27.5. The van der Waals surface area contributed by atoms with Crippen LogP contribution in [0.15, 0.2) is 46.0 Å². The van der Waals surface area contributed by atoms with E-state index in [0.717, 1.165) is 24.4 Å². The van der Waals surface area contributed by atoms with E-state index in [2.05, 4.69) is 11.4 Å². The number of carbonyl (C=O) groups is 2. The molecule has 24 heavy (non-hydrogen) atoms. The summed E-state index contributed by atoms with van der Waals surface area (Å²) in [7, 11) is 0. The van der Waals surface area contributed by atoms with E-state index in [1.165, 1.54) is 16.2 Å². The van der Waals surface area contributed by atoms with Gasteiger partial charge in [-0.15, -0.1) is 11.8 Å². The van der Waals surface area contributed by atoms with E-state index in [0.29, 0.717) is 24.9 Å². The van der Waals surface area contributed by atoms with Crippen LogP contribution in [0.2, 0.25) is 0 Å². The SMILES string of the molecule is O=C(NCCCC(=O)N1CCCSc2ccccc21)c1ccsc1. The van der Waals surface area contributed by atoms with Crippen LogP contribution in [0.3, 0.4) is 0 Å². The molecule has 0 spiro atoms. The van der Waals surface area contributed by atoms with E-state index in [1.54, 1.807) is 6.07 Å². The summed E-state index contributed by atoms with van der Waals surface area (Å²) in [5, 5.41) is 6.58. The van der Waals surface area contributed by atoms with Crippen molar-refractivity contribution >= 4 is 40.6 Å². The molecule has 126 valence electrons. The average Bonchev–Trinajstić information content (AvgIpc) is 3.05. The Kier molecular flexibility index (Phi) is 5.93. The highest BCUT2D eigenvalue weighted by molar-refractivity contribution is 7.99. The summed E-state index contributed by atoms with van der Waals surface area (Å²) >= 11 is 3.31. The molecule has 6 heteroatoms. The highest BCUT2D eigenvalue weighted by atomic mass is 32.2. The molecule has 4 nitrogen and oxygen atoms in total. The molecule has 1 aromatic carbocycles. The van der Waals surface area contributed by atoms with Gasteiger partial charge in [-0.2, -0.15) is 11.3 Å². The Bertz CT molecular complexity index is 701. The zero-order chi connectivity index (χ0) is 16.8. The Hall–Kier alpha value is -1.79. The van der Waals surface area contributed by atoms with Crippen LogP contribution in [-0.2, 0) is 4.79 Å². The van der Waals surface area contributed by atoms with Gasteiger partial charge in [0.2, 0.25) is 5.91 Å². The third-order valence-corrected chi connectivity index (χ3v) is 5.71. The van der Waals surface area contributed by atoms with E-state index in [1.807, 2.05) is 45.6 Å². The first-order valence-electron chi connectivity index (χ1n) is 8.08. The predicted molar refractivity (Wildman–Crippen MR) is 100 cm³/mol. The topological polar surface area (TPSA) is 49.4 Å². The number of fused-ring (bicyclic) bond motifs is 1. The van der Waals surface area contributed by atoms with Crippen LogP contribution in [0.5, 0.6) is 0 Å². The second-order valence-electron chi connectivity index (χ2n) is 5.59. The fourth-order valence-corrected chi connectivity index (χ4v) is 4.29. The normalized spacial score (nSPS) is 13.9. The lowest BCUT2D eigenvalue weighted by atomic mass is 10.2. The van der Waals surface area contributed by atoms with Crippen molar-refractivity contribution < 1.29 is 9.59 Å². The summed E-state index contributed by atoms with van der Waals surface area (Å²) in [6.45, 7) is 1.29. The van der Waals surface area contributed by atoms with Gasteiger partial charge in [-0.05, 0) is 42.2 Å². The summed E-state index contributed by atoms with van der Waals surface area (Å²) in [6, 6.07) is 9.89. The van der Waals surface area contributed by atoms with Crippen molar-refractivity contribution in [1.29, 1.82) is 0 Å². The lowest BCUT2D eigenvalue weighted by Gasteiger charge is -2.22. The molecule has 2 heterocycles. The molecule has 0 saturated heterocycles. The Morgan fingerprint density at radius 1 is 1.21 bits per heavy atom. The molecule has 0 unspecified atom stereocenters. The zero-order valence-corrected chi connectivity index (χ0v) is 15.0. The van der Waals surface area contributed by atoms with Crippen LogP contribution in [0, 0.1) is 0 Å². The number of rotatable bonds is 5. The molecule has 2 aromatic rings. The highest BCUT2D eigenvalue weighted by Crippen LogP contribution is 2.33. The monoisotopic (exact) mass is 360 g/mol. The summed E-state index contributed by atoms with van der Waals surface area (Å²) < 4.78 is 0. The Balaban J connectivity index is 1.51. The Morgan fingerprint density at radius 3 is 2.92 bits per heavy atom. The van der Waals surface area contributed by atoms with E-state index in [-0.39, 0.29) is 11.8 Å². The quantitative estimate of drug-likeness (QED) is 0.826. The minimum Gasteiger partial charge on any atom is -0.352 e. The number of carbonyl (C=O) groups excluding carboxylic acids is 2. The second kappa shape index (κ2) is 8.35. The van der Waals surface area contributed by atoms with Crippen molar-refractivity contribution in [3.8, 4) is 0 Å². The van der Waals surface area contributed by atoms with Crippen LogP contribution in [0.1, 0.15) is 29.6 Å². The molecule has 3 rings (SSSR count). The molecule has 1 aliphatic heterocycles. The first-order valence-corrected chi connectivity index (χ1v) is 10.0. The summed E-state index contributed by atoms with van der Waals surface area (Å²) in [6.07, 6.45) is 2.10. The molecule has 0 aliphatic carbocycles. The fraction of sp³-hybridized carbons (Fsp3) is 0.333. The first-order chi connectivity index (χ1) is 11.8. The van der Waals surface area contributed by atoms with Gasteiger partial charge in [0.15, 0.2) is 0 Å². The summed E-state index contributed by atoms with van der Waals surface area (Å²) in [5.74, 6) is 1.10. The van der Waals surface area contributed by atoms with Gasteiger partial charge in [0, 0.05) is 35.3 Å². The van der Waals surface area contributed by atoms with Gasteiger partial charge < -0.3 is 10.2 Å². The molecule has 0 radical (unpaired) electrons. The lowest BCUT2D eigenvalue weighted by Crippen LogP contribution is -2.32. The van der Waals surface area contributed by atoms with E-state index < -0.39 is 0 Å². The molecule has 0 saturated carbocycles. The van der Waals surface area contributed by atoms with Crippen LogP contribution >= 0.6 is 23.1 Å². The van der Waals surface area contributed by atoms with Crippen molar-refractivity contribution in [1.82, 2.24) is 5.32 Å². The number of anilines is 1. The minimum absolute atomic E-state index is 0.0692. The van der Waals surface area contributed by atoms with Crippen molar-refractivity contribution in [2.75, 3.05) is 23.7 Å². The molecule has 0 bridgehead atoms. The third kappa shape index (κ3) is 4.19. The maximum absolute atomic E-state index is 12.6. The van der Waals surface area contributed by atoms with Gasteiger partial charge in [0.1, 0.15) is 0 Å². The van der Waals surface area contributed by atoms with Crippen LogP contribution in [0.25, 0.3) is 0 Å². The molecule has 1 N–H and O–H groups in total. The van der Waals surface area contributed by atoms with Crippen LogP contribution in [-0.4, -0.2) is 30.7 Å². The van der Waals surface area contributed by atoms with Crippen molar-refractivity contribution in [3.63, 3.8) is 0 Å². The van der Waals surface area contributed by atoms with E-state index in [4.69, 9.17) is 0 Å². The molecule has 0 fully saturated rings. The maximum atomic E-state index is 12.6. The molecule has 1 aromatic heterocycles. The van der Waals surface area contributed by atoms with Crippen LogP contribution in [0.4, 0.5) is 5.69 Å². The van der Waals surface area contributed by atoms with Gasteiger partial charge in [-0.1, -0.05) is 12.1 Å². The van der Waals surface area contributed by atoms with Gasteiger partial charge in [-0.25, -0.2) is 0 Å². The Morgan fingerprint density at radius 2 is 2.08 bits per heavy atom. The first kappa shape index (κ1) is 17.0. The zero-order valence-electron chi connectivity index (χ0n) is 13.4. The van der Waals surface area contributed by atoms with Crippen molar-refractivity contribution in [3.05, 3.63) is 46.7 Å². The average molecular weight is 361 g/mol. The van der Waals surface area contributed by atoms with Gasteiger partial charge in [0.25, 0.3) is 5.91 Å². The molecule has 1 aliphatic rings. The standard InChI is InChI=1S/C18H20N2O2S2/c21-17(7-3-9-19-18(22)14-8-12-23-13-14)20-10-4-11-24-16-6-2-1-5-15(16)20/h1-2,5-6,8,12-13H,3-4,7,9-11H2,(H,19,22). The minimum atomic E-state index is -0.0692. The molecular formula is C18H20N2O2S2. The number of amides is 2. The third-order valence-electron chi connectivity index (χ3n) is 3.88. The van der Waals surface area contributed by atoms with E-state index in [9.17, 15) is 9.59 Å². The molecule has 2 amide bonds. The number of hydrogen-bond donors (Lipinski definition) is 1. The number of thioether (sulfide) groups is 1. The predicted octanol–water partition coefficient (Wildman–Crippen LogP) is 3.79. The van der Waals surface area contributed by atoms with Gasteiger partial charge >= 0.3 is 0 Å². The van der Waals surface area contributed by atoms with Crippen molar-refractivity contribution in [2.45, 2.75) is 24.2 Å². The smallest absolute Gasteiger partial charge is 0.252 e. The fourth-order valence-electron chi connectivity index (χ4n) is 2.66. The summed E-state index contributed by atoms with van der Waals surface area (Å²) in [5.41, 5.74) is 1.71. The number of thiophene rings is 1. The number of hydrogen-bond acceptors (Lipinski definition) is 4.